The third-order valence-corrected chi connectivity index (χ3v) is 10.9. The Hall–Kier alpha value is -3.15. The van der Waals surface area contributed by atoms with E-state index in [0.717, 1.165) is 77.0 Å². The van der Waals surface area contributed by atoms with Crippen LogP contribution in [0.2, 0.25) is 0 Å². The second kappa shape index (κ2) is 50.5. The van der Waals surface area contributed by atoms with Gasteiger partial charge >= 0.3 is 17.9 Å². The van der Waals surface area contributed by atoms with E-state index < -0.39 is 6.10 Å². The summed E-state index contributed by atoms with van der Waals surface area (Å²) >= 11 is 0. The maximum absolute atomic E-state index is 12.8. The van der Waals surface area contributed by atoms with E-state index in [-0.39, 0.29) is 37.5 Å². The van der Waals surface area contributed by atoms with Crippen molar-refractivity contribution in [3.05, 3.63) is 72.9 Å². The molecule has 0 rings (SSSR count). The molecule has 0 radical (unpaired) electrons. The molecule has 356 valence electrons. The lowest BCUT2D eigenvalue weighted by atomic mass is 10.1. The zero-order valence-electron chi connectivity index (χ0n) is 40.6. The molecule has 0 N–H and O–H groups in total. The summed E-state index contributed by atoms with van der Waals surface area (Å²) in [5.41, 5.74) is 0. The second-order valence-corrected chi connectivity index (χ2v) is 17.0. The molecule has 0 spiro atoms. The molecular weight excluding hydrogens is 769 g/mol. The molecule has 1 atom stereocenters. The summed E-state index contributed by atoms with van der Waals surface area (Å²) < 4.78 is 16.7. The van der Waals surface area contributed by atoms with Crippen LogP contribution in [0, 0.1) is 0 Å². The van der Waals surface area contributed by atoms with Crippen LogP contribution in [0.15, 0.2) is 72.9 Å². The normalized spacial score (nSPS) is 12.6. The van der Waals surface area contributed by atoms with Crippen molar-refractivity contribution in [2.45, 2.75) is 252 Å². The van der Waals surface area contributed by atoms with Crippen molar-refractivity contribution in [3.8, 4) is 0 Å². The molecule has 0 aliphatic rings. The predicted molar refractivity (Wildman–Crippen MR) is 265 cm³/mol. The minimum absolute atomic E-state index is 0.103. The Balaban J connectivity index is 4.46. The van der Waals surface area contributed by atoms with Gasteiger partial charge in [0.05, 0.1) is 0 Å². The lowest BCUT2D eigenvalue weighted by Gasteiger charge is -2.18. The van der Waals surface area contributed by atoms with Gasteiger partial charge in [0.25, 0.3) is 0 Å². The van der Waals surface area contributed by atoms with Crippen LogP contribution in [0.5, 0.6) is 0 Å². The van der Waals surface area contributed by atoms with Crippen LogP contribution in [0.4, 0.5) is 0 Å². The average molecular weight is 865 g/mol. The minimum atomic E-state index is -0.809. The van der Waals surface area contributed by atoms with Gasteiger partial charge in [-0.1, -0.05) is 203 Å². The van der Waals surface area contributed by atoms with Crippen molar-refractivity contribution < 1.29 is 28.6 Å². The number of unbranched alkanes of at least 4 members (excludes halogenated alkanes) is 23. The van der Waals surface area contributed by atoms with E-state index in [1.807, 2.05) is 12.2 Å². The van der Waals surface area contributed by atoms with Crippen LogP contribution in [0.25, 0.3) is 0 Å². The van der Waals surface area contributed by atoms with Crippen LogP contribution in [0.3, 0.4) is 0 Å². The highest BCUT2D eigenvalue weighted by atomic mass is 16.6. The molecule has 0 amide bonds. The Morgan fingerprint density at radius 1 is 0.339 bits per heavy atom. The number of carbonyl (C=O) groups is 3. The topological polar surface area (TPSA) is 78.9 Å². The Bertz CT molecular complexity index is 1180. The summed E-state index contributed by atoms with van der Waals surface area (Å²) in [4.78, 5) is 37.9. The van der Waals surface area contributed by atoms with Crippen molar-refractivity contribution in [3.63, 3.8) is 0 Å². The van der Waals surface area contributed by atoms with Crippen molar-refractivity contribution in [1.29, 1.82) is 0 Å². The van der Waals surface area contributed by atoms with Crippen LogP contribution >= 0.6 is 0 Å². The summed E-state index contributed by atoms with van der Waals surface area (Å²) in [6.45, 7) is 6.43. The van der Waals surface area contributed by atoms with E-state index in [9.17, 15) is 14.4 Å². The maximum Gasteiger partial charge on any atom is 0.306 e. The molecule has 0 saturated carbocycles. The van der Waals surface area contributed by atoms with Crippen LogP contribution in [-0.4, -0.2) is 37.2 Å². The quantitative estimate of drug-likeness (QED) is 0.0262. The van der Waals surface area contributed by atoms with Gasteiger partial charge in [0, 0.05) is 19.3 Å². The smallest absolute Gasteiger partial charge is 0.306 e. The van der Waals surface area contributed by atoms with Gasteiger partial charge in [-0.15, -0.1) is 0 Å². The summed E-state index contributed by atoms with van der Waals surface area (Å²) in [6, 6.07) is 0. The SMILES string of the molecule is CC/C=C\C/C=C\C/C=C\C/C=C\CCC(=O)OCC(COC(=O)CCCCCCCCC/C=C\CCCCCCCC)OC(=O)CCCCCCC/C=C\CCCCCCC. The fraction of sp³-hybridized carbons (Fsp3) is 0.732. The van der Waals surface area contributed by atoms with Gasteiger partial charge in [0.15, 0.2) is 6.10 Å². The number of hydrogen-bond acceptors (Lipinski definition) is 6. The first kappa shape index (κ1) is 58.9. The molecule has 0 bridgehead atoms. The predicted octanol–water partition coefficient (Wildman–Crippen LogP) is 17.0. The van der Waals surface area contributed by atoms with Crippen LogP contribution < -0.4 is 0 Å². The summed E-state index contributed by atoms with van der Waals surface area (Å²) in [6.07, 6.45) is 63.3. The van der Waals surface area contributed by atoms with Gasteiger partial charge in [-0.25, -0.2) is 0 Å². The lowest BCUT2D eigenvalue weighted by Crippen LogP contribution is -2.30. The largest absolute Gasteiger partial charge is 0.462 e. The van der Waals surface area contributed by atoms with Gasteiger partial charge in [0.2, 0.25) is 0 Å². The van der Waals surface area contributed by atoms with Crippen molar-refractivity contribution >= 4 is 17.9 Å². The number of carbonyl (C=O) groups excluding carboxylic acids is 3. The van der Waals surface area contributed by atoms with E-state index in [2.05, 4.69) is 81.5 Å². The molecule has 0 heterocycles. The van der Waals surface area contributed by atoms with E-state index in [4.69, 9.17) is 14.2 Å². The molecule has 0 aromatic carbocycles. The highest BCUT2D eigenvalue weighted by Gasteiger charge is 2.19. The van der Waals surface area contributed by atoms with Gasteiger partial charge in [-0.2, -0.15) is 0 Å². The summed E-state index contributed by atoms with van der Waals surface area (Å²) in [5.74, 6) is -0.999. The monoisotopic (exact) mass is 865 g/mol. The summed E-state index contributed by atoms with van der Waals surface area (Å²) in [5, 5.41) is 0. The Morgan fingerprint density at radius 2 is 0.661 bits per heavy atom. The van der Waals surface area contributed by atoms with Crippen molar-refractivity contribution in [2.24, 2.45) is 0 Å². The van der Waals surface area contributed by atoms with Gasteiger partial charge in [-0.05, 0) is 96.3 Å². The number of hydrogen-bond donors (Lipinski definition) is 0. The molecule has 0 fully saturated rings. The molecular formula is C56H96O6. The third kappa shape index (κ3) is 47.9. The van der Waals surface area contributed by atoms with Crippen molar-refractivity contribution in [1.82, 2.24) is 0 Å². The zero-order valence-corrected chi connectivity index (χ0v) is 40.6. The molecule has 1 unspecified atom stereocenters. The number of esters is 3. The third-order valence-electron chi connectivity index (χ3n) is 10.9. The van der Waals surface area contributed by atoms with Gasteiger partial charge in [-0.3, -0.25) is 14.4 Å². The zero-order chi connectivity index (χ0) is 45.1. The lowest BCUT2D eigenvalue weighted by molar-refractivity contribution is -0.166. The van der Waals surface area contributed by atoms with E-state index in [0.29, 0.717) is 19.3 Å². The fourth-order valence-electron chi connectivity index (χ4n) is 7.03. The number of allylic oxidation sites excluding steroid dienone is 12. The first-order valence-corrected chi connectivity index (χ1v) is 25.9. The maximum atomic E-state index is 12.8. The Kier molecular flexibility index (Phi) is 47.9. The first-order chi connectivity index (χ1) is 30.5. The Labute approximate surface area is 382 Å². The van der Waals surface area contributed by atoms with Crippen molar-refractivity contribution in [2.75, 3.05) is 13.2 Å². The highest BCUT2D eigenvalue weighted by Crippen LogP contribution is 2.14. The van der Waals surface area contributed by atoms with E-state index in [1.54, 1.807) is 0 Å². The average Bonchev–Trinajstić information content (AvgIpc) is 3.27. The second-order valence-electron chi connectivity index (χ2n) is 17.0. The van der Waals surface area contributed by atoms with E-state index in [1.165, 1.54) is 122 Å². The molecule has 0 saturated heterocycles. The number of ether oxygens (including phenoxy) is 3. The molecule has 0 aromatic heterocycles. The first-order valence-electron chi connectivity index (χ1n) is 25.9. The Morgan fingerprint density at radius 3 is 1.08 bits per heavy atom. The van der Waals surface area contributed by atoms with E-state index >= 15 is 0 Å². The summed E-state index contributed by atoms with van der Waals surface area (Å²) in [7, 11) is 0. The molecule has 62 heavy (non-hydrogen) atoms. The molecule has 6 heteroatoms. The molecule has 0 aliphatic heterocycles. The number of rotatable bonds is 46. The standard InChI is InChI=1S/C56H96O6/c1-4-7-10-13-16-19-22-25-27-28-29-32-34-37-40-43-46-49-55(58)61-52-53(51-60-54(57)48-45-42-39-36-33-30-24-21-18-15-12-9-6-3)62-56(59)50-47-44-41-38-35-31-26-23-20-17-14-11-8-5-2/h9,12,18,21,23,25-27,30,33,39,42,53H,4-8,10-11,13-17,19-20,22,24,28-29,31-32,34-38,40-41,43-52H2,1-3H3/b12-9-,21-18-,26-23-,27-25-,33-30-,42-39-. The van der Waals surface area contributed by atoms with Gasteiger partial charge < -0.3 is 14.2 Å². The molecule has 6 nitrogen and oxygen atoms in total. The molecule has 0 aromatic rings. The fourth-order valence-corrected chi connectivity index (χ4v) is 7.03. The van der Waals surface area contributed by atoms with Crippen LogP contribution in [0.1, 0.15) is 245 Å². The minimum Gasteiger partial charge on any atom is -0.462 e. The van der Waals surface area contributed by atoms with Gasteiger partial charge in [0.1, 0.15) is 13.2 Å². The molecule has 0 aliphatic carbocycles. The van der Waals surface area contributed by atoms with Crippen LogP contribution in [-0.2, 0) is 28.6 Å². The highest BCUT2D eigenvalue weighted by molar-refractivity contribution is 5.71.